The molecule has 1 heterocycles. The van der Waals surface area contributed by atoms with Crippen LogP contribution in [-0.4, -0.2) is 41.3 Å². The zero-order chi connectivity index (χ0) is 23.8. The van der Waals surface area contributed by atoms with Gasteiger partial charge in [-0.25, -0.2) is 0 Å². The number of nitrogens with zero attached hydrogens (tertiary/aromatic N) is 2. The SMILES string of the molecule is C=C1CC(OC(=O)C2(c3ccccc3)CCCCCC2)C1CCNCC(=O)Nc1cccnn1. The summed E-state index contributed by atoms with van der Waals surface area (Å²) in [4.78, 5) is 25.6. The number of carbonyl (C=O) groups excluding carboxylic acids is 2. The summed E-state index contributed by atoms with van der Waals surface area (Å²) in [6.45, 7) is 4.97. The molecule has 2 aliphatic carbocycles. The normalized spacial score (nSPS) is 21.7. The molecular weight excluding hydrogens is 428 g/mol. The number of hydrogen-bond acceptors (Lipinski definition) is 6. The zero-order valence-electron chi connectivity index (χ0n) is 19.7. The van der Waals surface area contributed by atoms with Gasteiger partial charge in [0, 0.05) is 18.5 Å². The average molecular weight is 463 g/mol. The van der Waals surface area contributed by atoms with E-state index in [1.165, 1.54) is 12.8 Å². The first kappa shape index (κ1) is 24.1. The van der Waals surface area contributed by atoms with Crippen LogP contribution in [0.4, 0.5) is 5.82 Å². The van der Waals surface area contributed by atoms with Crippen LogP contribution in [0.25, 0.3) is 0 Å². The lowest BCUT2D eigenvalue weighted by Crippen LogP contribution is -2.45. The van der Waals surface area contributed by atoms with E-state index in [1.54, 1.807) is 18.3 Å². The first-order chi connectivity index (χ1) is 16.6. The van der Waals surface area contributed by atoms with E-state index in [9.17, 15) is 9.59 Å². The van der Waals surface area contributed by atoms with Gasteiger partial charge in [0.25, 0.3) is 0 Å². The van der Waals surface area contributed by atoms with E-state index in [0.717, 1.165) is 43.2 Å². The first-order valence-corrected chi connectivity index (χ1v) is 12.3. The van der Waals surface area contributed by atoms with Crippen LogP contribution in [0.3, 0.4) is 0 Å². The van der Waals surface area contributed by atoms with Crippen LogP contribution in [0, 0.1) is 5.92 Å². The van der Waals surface area contributed by atoms with E-state index in [1.807, 2.05) is 18.2 Å². The molecule has 2 fully saturated rings. The molecule has 34 heavy (non-hydrogen) atoms. The van der Waals surface area contributed by atoms with E-state index >= 15 is 0 Å². The van der Waals surface area contributed by atoms with Crippen molar-refractivity contribution in [3.8, 4) is 0 Å². The smallest absolute Gasteiger partial charge is 0.316 e. The number of nitrogens with one attached hydrogen (secondary N) is 2. The fourth-order valence-corrected chi connectivity index (χ4v) is 5.13. The second kappa shape index (κ2) is 11.4. The minimum Gasteiger partial charge on any atom is -0.461 e. The van der Waals surface area contributed by atoms with Gasteiger partial charge < -0.3 is 15.4 Å². The Morgan fingerprint density at radius 2 is 1.82 bits per heavy atom. The average Bonchev–Trinajstić information content (AvgIpc) is 3.12. The Labute approximate surface area is 201 Å². The van der Waals surface area contributed by atoms with Gasteiger partial charge >= 0.3 is 5.97 Å². The van der Waals surface area contributed by atoms with Gasteiger partial charge in [0.2, 0.25) is 5.91 Å². The molecule has 180 valence electrons. The maximum atomic E-state index is 13.6. The minimum absolute atomic E-state index is 0.0839. The van der Waals surface area contributed by atoms with Gasteiger partial charge in [-0.3, -0.25) is 9.59 Å². The van der Waals surface area contributed by atoms with E-state index < -0.39 is 5.41 Å². The largest absolute Gasteiger partial charge is 0.461 e. The van der Waals surface area contributed by atoms with Gasteiger partial charge in [0.1, 0.15) is 6.10 Å². The number of amides is 1. The van der Waals surface area contributed by atoms with Crippen molar-refractivity contribution in [2.75, 3.05) is 18.4 Å². The quantitative estimate of drug-likeness (QED) is 0.251. The van der Waals surface area contributed by atoms with Crippen molar-refractivity contribution in [2.45, 2.75) is 62.9 Å². The molecule has 1 aromatic carbocycles. The highest BCUT2D eigenvalue weighted by atomic mass is 16.5. The van der Waals surface area contributed by atoms with Crippen LogP contribution in [0.2, 0.25) is 0 Å². The van der Waals surface area contributed by atoms with E-state index in [-0.39, 0.29) is 30.4 Å². The summed E-state index contributed by atoms with van der Waals surface area (Å²) in [5.74, 6) is 0.297. The first-order valence-electron chi connectivity index (χ1n) is 12.3. The molecule has 2 aliphatic rings. The molecule has 1 aromatic heterocycles. The number of carbonyl (C=O) groups is 2. The summed E-state index contributed by atoms with van der Waals surface area (Å²) in [5, 5.41) is 13.5. The molecule has 2 unspecified atom stereocenters. The number of ether oxygens (including phenoxy) is 1. The van der Waals surface area contributed by atoms with Crippen LogP contribution in [0.1, 0.15) is 56.9 Å². The van der Waals surface area contributed by atoms with Crippen molar-refractivity contribution in [1.29, 1.82) is 0 Å². The summed E-state index contributed by atoms with van der Waals surface area (Å²) in [7, 11) is 0. The van der Waals surface area contributed by atoms with E-state index in [4.69, 9.17) is 4.74 Å². The summed E-state index contributed by atoms with van der Waals surface area (Å²) >= 11 is 0. The number of rotatable bonds is 9. The summed E-state index contributed by atoms with van der Waals surface area (Å²) in [5.41, 5.74) is 1.64. The van der Waals surface area contributed by atoms with Crippen molar-refractivity contribution in [2.24, 2.45) is 5.92 Å². The molecule has 0 radical (unpaired) electrons. The van der Waals surface area contributed by atoms with Gasteiger partial charge in [0.15, 0.2) is 5.82 Å². The van der Waals surface area contributed by atoms with Crippen molar-refractivity contribution in [3.63, 3.8) is 0 Å². The zero-order valence-corrected chi connectivity index (χ0v) is 19.7. The number of aromatic nitrogens is 2. The molecule has 0 spiro atoms. The van der Waals surface area contributed by atoms with Crippen molar-refractivity contribution in [1.82, 2.24) is 15.5 Å². The molecule has 2 atom stereocenters. The molecule has 0 saturated heterocycles. The van der Waals surface area contributed by atoms with Gasteiger partial charge in [-0.15, -0.1) is 5.10 Å². The van der Waals surface area contributed by atoms with Crippen LogP contribution >= 0.6 is 0 Å². The van der Waals surface area contributed by atoms with Gasteiger partial charge in [-0.05, 0) is 43.5 Å². The molecule has 2 aromatic rings. The number of hydrogen-bond donors (Lipinski definition) is 2. The maximum absolute atomic E-state index is 13.6. The Morgan fingerprint density at radius 3 is 2.50 bits per heavy atom. The molecule has 2 saturated carbocycles. The predicted octanol–water partition coefficient (Wildman–Crippen LogP) is 4.17. The molecule has 2 N–H and O–H groups in total. The van der Waals surface area contributed by atoms with Gasteiger partial charge in [-0.1, -0.05) is 68.2 Å². The van der Waals surface area contributed by atoms with Crippen molar-refractivity contribution < 1.29 is 14.3 Å². The maximum Gasteiger partial charge on any atom is 0.316 e. The highest BCUT2D eigenvalue weighted by Crippen LogP contribution is 2.43. The predicted molar refractivity (Wildman–Crippen MR) is 131 cm³/mol. The Bertz CT molecular complexity index is 972. The fraction of sp³-hybridized carbons (Fsp3) is 0.481. The molecule has 0 bridgehead atoms. The lowest BCUT2D eigenvalue weighted by Gasteiger charge is -2.41. The van der Waals surface area contributed by atoms with Crippen molar-refractivity contribution >= 4 is 17.7 Å². The molecular formula is C27H34N4O3. The third kappa shape index (κ3) is 5.70. The second-order valence-corrected chi connectivity index (χ2v) is 9.40. The standard InChI is InChI=1S/C27H34N4O3/c1-20-18-23(22(20)13-17-28-19-25(32)30-24-12-9-16-29-31-24)34-26(33)27(14-7-2-3-8-15-27)21-10-5-4-6-11-21/h4-6,9-12,16,22-23,28H,1-3,7-8,13-15,17-19H2,(H,30,31,32). The Hall–Kier alpha value is -3.06. The minimum atomic E-state index is -0.546. The fourth-order valence-electron chi connectivity index (χ4n) is 5.13. The Morgan fingerprint density at radius 1 is 1.06 bits per heavy atom. The van der Waals surface area contributed by atoms with Crippen LogP contribution in [0.15, 0.2) is 60.8 Å². The third-order valence-electron chi connectivity index (χ3n) is 7.13. The Balaban J connectivity index is 1.29. The summed E-state index contributed by atoms with van der Waals surface area (Å²) in [6.07, 6.45) is 9.02. The third-order valence-corrected chi connectivity index (χ3v) is 7.13. The Kier molecular flexibility index (Phi) is 8.06. The highest BCUT2D eigenvalue weighted by Gasteiger charge is 2.45. The lowest BCUT2D eigenvalue weighted by atomic mass is 9.72. The van der Waals surface area contributed by atoms with Crippen LogP contribution < -0.4 is 10.6 Å². The molecule has 7 heteroatoms. The van der Waals surface area contributed by atoms with Gasteiger partial charge in [-0.2, -0.15) is 5.10 Å². The topological polar surface area (TPSA) is 93.2 Å². The summed E-state index contributed by atoms with van der Waals surface area (Å²) < 4.78 is 6.16. The monoisotopic (exact) mass is 462 g/mol. The summed E-state index contributed by atoms with van der Waals surface area (Å²) in [6, 6.07) is 13.6. The van der Waals surface area contributed by atoms with Crippen LogP contribution in [0.5, 0.6) is 0 Å². The number of benzene rings is 1. The van der Waals surface area contributed by atoms with E-state index in [2.05, 4.69) is 39.5 Å². The van der Waals surface area contributed by atoms with Crippen molar-refractivity contribution in [3.05, 3.63) is 66.4 Å². The van der Waals surface area contributed by atoms with E-state index in [0.29, 0.717) is 18.8 Å². The molecule has 1 amide bonds. The molecule has 4 rings (SSSR count). The molecule has 7 nitrogen and oxygen atoms in total. The second-order valence-electron chi connectivity index (χ2n) is 9.40. The number of esters is 1. The lowest BCUT2D eigenvalue weighted by molar-refractivity contribution is -0.162. The number of anilines is 1. The highest BCUT2D eigenvalue weighted by molar-refractivity contribution is 5.91. The van der Waals surface area contributed by atoms with Gasteiger partial charge in [0.05, 0.1) is 12.0 Å². The van der Waals surface area contributed by atoms with Crippen LogP contribution in [-0.2, 0) is 19.7 Å². The molecule has 0 aliphatic heterocycles.